The van der Waals surface area contributed by atoms with E-state index in [2.05, 4.69) is 55.5 Å². The van der Waals surface area contributed by atoms with Crippen molar-refractivity contribution in [1.82, 2.24) is 0 Å². The first-order chi connectivity index (χ1) is 11.7. The fourth-order valence-electron chi connectivity index (χ4n) is 2.56. The predicted octanol–water partition coefficient (Wildman–Crippen LogP) is 3.39. The molecule has 2 nitrogen and oxygen atoms in total. The minimum atomic E-state index is 0.735. The summed E-state index contributed by atoms with van der Waals surface area (Å²) in [7, 11) is 5.14. The van der Waals surface area contributed by atoms with E-state index in [-0.39, 0.29) is 0 Å². The molecule has 2 aromatic rings. The molecule has 0 amide bonds. The first-order valence-electron chi connectivity index (χ1n) is 8.56. The van der Waals surface area contributed by atoms with Crippen LogP contribution in [0.1, 0.15) is 32.6 Å². The van der Waals surface area contributed by atoms with Crippen molar-refractivity contribution >= 4 is 29.4 Å². The summed E-state index contributed by atoms with van der Waals surface area (Å²) in [5.41, 5.74) is 0. The highest BCUT2D eigenvalue weighted by Crippen LogP contribution is 2.15. The van der Waals surface area contributed by atoms with Crippen LogP contribution < -0.4 is 19.8 Å². The molecule has 0 spiro atoms. The van der Waals surface area contributed by atoms with Gasteiger partial charge in [0.25, 0.3) is 0 Å². The van der Waals surface area contributed by atoms with E-state index in [0.717, 1.165) is 35.7 Å². The van der Waals surface area contributed by atoms with Gasteiger partial charge in [0, 0.05) is 0 Å². The van der Waals surface area contributed by atoms with Gasteiger partial charge in [-0.25, -0.2) is 0 Å². The van der Waals surface area contributed by atoms with Crippen LogP contribution >= 0.6 is 0 Å². The van der Waals surface area contributed by atoms with Crippen LogP contribution in [-0.4, -0.2) is 33.3 Å². The molecule has 0 aliphatic heterocycles. The van der Waals surface area contributed by atoms with Crippen molar-refractivity contribution in [3.63, 3.8) is 0 Å². The van der Waals surface area contributed by atoms with Crippen LogP contribution in [0.3, 0.4) is 0 Å². The zero-order valence-electron chi connectivity index (χ0n) is 14.8. The zero-order chi connectivity index (χ0) is 17.2. The van der Waals surface area contributed by atoms with Crippen LogP contribution in [0.15, 0.2) is 48.5 Å². The van der Waals surface area contributed by atoms with Gasteiger partial charge in [-0.1, -0.05) is 67.2 Å². The number of ether oxygens (including phenoxy) is 2. The third-order valence-corrected chi connectivity index (χ3v) is 7.43. The Morgan fingerprint density at radius 2 is 1.21 bits per heavy atom. The summed E-state index contributed by atoms with van der Waals surface area (Å²) in [4.78, 5) is 0. The van der Waals surface area contributed by atoms with E-state index in [1.54, 1.807) is 14.2 Å². The topological polar surface area (TPSA) is 18.5 Å². The van der Waals surface area contributed by atoms with Crippen LogP contribution in [0.2, 0.25) is 5.16 Å². The maximum absolute atomic E-state index is 5.26. The molecular weight excluding hydrogens is 328 g/mol. The lowest BCUT2D eigenvalue weighted by molar-refractivity contribution is 0.415. The third-order valence-electron chi connectivity index (χ3n) is 3.96. The summed E-state index contributed by atoms with van der Waals surface area (Å²) in [6.07, 6.45) is 5.25. The molecule has 2 rings (SSSR count). The molecule has 4 heteroatoms. The summed E-state index contributed by atoms with van der Waals surface area (Å²) < 4.78 is 10.5. The van der Waals surface area contributed by atoms with E-state index in [9.17, 15) is 0 Å². The highest BCUT2D eigenvalue weighted by atomic mass is 28.3. The number of unbranched alkanes of at least 4 members (excludes halogenated alkanes) is 2. The van der Waals surface area contributed by atoms with Gasteiger partial charge in [0.2, 0.25) is 0 Å². The van der Waals surface area contributed by atoms with E-state index in [0.29, 0.717) is 0 Å². The fraction of sp³-hybridized carbons (Fsp3) is 0.400. The van der Waals surface area contributed by atoms with Crippen molar-refractivity contribution in [1.29, 1.82) is 0 Å². The van der Waals surface area contributed by atoms with Gasteiger partial charge in [-0.15, -0.1) is 0 Å². The van der Waals surface area contributed by atoms with Gasteiger partial charge in [-0.05, 0) is 29.4 Å². The number of hydrogen-bond donors (Lipinski definition) is 0. The van der Waals surface area contributed by atoms with Crippen LogP contribution in [-0.2, 0) is 0 Å². The Morgan fingerprint density at radius 3 is 1.58 bits per heavy atom. The predicted molar refractivity (Wildman–Crippen MR) is 105 cm³/mol. The Labute approximate surface area is 151 Å². The quantitative estimate of drug-likeness (QED) is 0.481. The lowest BCUT2D eigenvalue weighted by Crippen LogP contribution is -2.29. The fourth-order valence-corrected chi connectivity index (χ4v) is 6.06. The van der Waals surface area contributed by atoms with Gasteiger partial charge in [0.05, 0.1) is 33.3 Å². The minimum absolute atomic E-state index is 0.735. The first kappa shape index (κ1) is 18.8. The standard InChI is InChI=1S/C20H26O2Si2/c1-4-5-6-7-20(23-18-12-8-16(21-2)9-13-18)24-19-14-10-17(22-3)11-15-19/h8-15,20H,4-7H2,1-3H3. The molecule has 0 bridgehead atoms. The smallest absolute Gasteiger partial charge is 0.118 e. The number of hydrogen-bond acceptors (Lipinski definition) is 2. The van der Waals surface area contributed by atoms with E-state index in [1.165, 1.54) is 36.1 Å². The third kappa shape index (κ3) is 6.17. The Kier molecular flexibility index (Phi) is 8.12. The van der Waals surface area contributed by atoms with Crippen molar-refractivity contribution in [2.45, 2.75) is 37.8 Å². The average Bonchev–Trinajstić information content (AvgIpc) is 2.63. The Hall–Kier alpha value is -1.53. The lowest BCUT2D eigenvalue weighted by atomic mass is 10.2. The zero-order valence-corrected chi connectivity index (χ0v) is 16.8. The average molecular weight is 355 g/mol. The van der Waals surface area contributed by atoms with E-state index in [1.807, 2.05) is 0 Å². The molecule has 0 aliphatic carbocycles. The second kappa shape index (κ2) is 10.4. The van der Waals surface area contributed by atoms with Gasteiger partial charge in [-0.3, -0.25) is 0 Å². The molecule has 0 saturated carbocycles. The molecule has 0 atom stereocenters. The molecule has 0 saturated heterocycles. The van der Waals surface area contributed by atoms with Gasteiger partial charge >= 0.3 is 0 Å². The van der Waals surface area contributed by atoms with Gasteiger partial charge in [-0.2, -0.15) is 0 Å². The first-order valence-corrected chi connectivity index (χ1v) is 10.7. The summed E-state index contributed by atoms with van der Waals surface area (Å²) in [5, 5.41) is 3.59. The molecule has 0 N–H and O–H groups in total. The van der Waals surface area contributed by atoms with Gasteiger partial charge in [0.1, 0.15) is 11.5 Å². The molecule has 0 heterocycles. The SMILES string of the molecule is CCCCCC([Si]c1ccc(OC)cc1)[Si]c1ccc(OC)cc1. The molecule has 0 aliphatic rings. The number of benzene rings is 2. The summed E-state index contributed by atoms with van der Waals surface area (Å²) in [5.74, 6) is 1.87. The highest BCUT2D eigenvalue weighted by molar-refractivity contribution is 6.73. The van der Waals surface area contributed by atoms with Crippen molar-refractivity contribution in [2.75, 3.05) is 14.2 Å². The van der Waals surface area contributed by atoms with E-state index >= 15 is 0 Å². The van der Waals surface area contributed by atoms with Crippen molar-refractivity contribution in [2.24, 2.45) is 0 Å². The van der Waals surface area contributed by atoms with Gasteiger partial charge in [0.15, 0.2) is 0 Å². The molecule has 0 fully saturated rings. The monoisotopic (exact) mass is 354 g/mol. The maximum Gasteiger partial charge on any atom is 0.118 e. The van der Waals surface area contributed by atoms with Gasteiger partial charge < -0.3 is 9.47 Å². The van der Waals surface area contributed by atoms with Crippen LogP contribution in [0, 0.1) is 0 Å². The second-order valence-electron chi connectivity index (χ2n) is 5.79. The molecular formula is C20H26O2Si2. The van der Waals surface area contributed by atoms with Crippen LogP contribution in [0.4, 0.5) is 0 Å². The maximum atomic E-state index is 5.26. The molecule has 0 aromatic heterocycles. The van der Waals surface area contributed by atoms with Crippen LogP contribution in [0.25, 0.3) is 0 Å². The Bertz CT molecular complexity index is 532. The highest BCUT2D eigenvalue weighted by Gasteiger charge is 2.13. The second-order valence-corrected chi connectivity index (χ2v) is 9.50. The molecule has 126 valence electrons. The molecule has 4 radical (unpaired) electrons. The minimum Gasteiger partial charge on any atom is -0.497 e. The van der Waals surface area contributed by atoms with Crippen molar-refractivity contribution < 1.29 is 9.47 Å². The van der Waals surface area contributed by atoms with E-state index in [4.69, 9.17) is 9.47 Å². The van der Waals surface area contributed by atoms with E-state index < -0.39 is 0 Å². The normalized spacial score (nSPS) is 10.8. The lowest BCUT2D eigenvalue weighted by Gasteiger charge is -2.16. The Balaban J connectivity index is 2.01. The molecule has 0 unspecified atom stereocenters. The van der Waals surface area contributed by atoms with Crippen molar-refractivity contribution in [3.8, 4) is 11.5 Å². The summed E-state index contributed by atoms with van der Waals surface area (Å²) >= 11 is 0. The Morgan fingerprint density at radius 1 is 0.750 bits per heavy atom. The number of methoxy groups -OCH3 is 2. The summed E-state index contributed by atoms with van der Waals surface area (Å²) in [6.45, 7) is 2.27. The van der Waals surface area contributed by atoms with Crippen molar-refractivity contribution in [3.05, 3.63) is 48.5 Å². The summed E-state index contributed by atoms with van der Waals surface area (Å²) in [6, 6.07) is 17.1. The van der Waals surface area contributed by atoms with Crippen LogP contribution in [0.5, 0.6) is 11.5 Å². The molecule has 2 aromatic carbocycles. The molecule has 24 heavy (non-hydrogen) atoms. The number of rotatable bonds is 10. The largest absolute Gasteiger partial charge is 0.497 e.